The molecule has 0 bridgehead atoms. The lowest BCUT2D eigenvalue weighted by Crippen LogP contribution is -2.41. The van der Waals surface area contributed by atoms with Gasteiger partial charge in [0.25, 0.3) is 0 Å². The zero-order chi connectivity index (χ0) is 31.5. The van der Waals surface area contributed by atoms with E-state index in [1.165, 1.54) is 7.11 Å². The van der Waals surface area contributed by atoms with E-state index in [4.69, 9.17) is 58.5 Å². The minimum atomic E-state index is -3.86. The summed E-state index contributed by atoms with van der Waals surface area (Å²) in [4.78, 5) is 12.4. The fraction of sp³-hybridized carbons (Fsp3) is 0.483. The summed E-state index contributed by atoms with van der Waals surface area (Å²) in [5.74, 6) is 1.16. The molecule has 2 rings (SSSR count). The molecule has 0 heterocycles. The second-order valence-electron chi connectivity index (χ2n) is 10.5. The molecule has 0 radical (unpaired) electrons. The average Bonchev–Trinajstić information content (AvgIpc) is 2.89. The van der Waals surface area contributed by atoms with Crippen LogP contribution in [0.25, 0.3) is 0 Å². The standard InChI is InChI=1S/C29H38Cl3NO8S/c1-20(16-33(42(6,35)36)28(34)41-29(2,3)4)17-38-23-11-9-21(10-12-23)7-8-22-13-25(31)27(26(32)14-22)39-18-24(15-30)40-19-37-5/h9-14,24H,1,7-8,15-19H2,2-6H3. The first-order chi connectivity index (χ1) is 19.6. The highest BCUT2D eigenvalue weighted by atomic mass is 35.5. The number of methoxy groups -OCH3 is 1. The lowest BCUT2D eigenvalue weighted by atomic mass is 10.0. The predicted octanol–water partition coefficient (Wildman–Crippen LogP) is 6.52. The Morgan fingerprint density at radius 1 is 1.02 bits per heavy atom. The van der Waals surface area contributed by atoms with Crippen molar-refractivity contribution in [3.05, 3.63) is 69.7 Å². The third kappa shape index (κ3) is 12.6. The number of aryl methyl sites for hydroxylation is 2. The summed E-state index contributed by atoms with van der Waals surface area (Å²) in [7, 11) is -2.34. The zero-order valence-corrected chi connectivity index (χ0v) is 27.5. The summed E-state index contributed by atoms with van der Waals surface area (Å²) in [5, 5.41) is 0.783. The van der Waals surface area contributed by atoms with Gasteiger partial charge in [-0.2, -0.15) is 0 Å². The molecule has 0 spiro atoms. The number of sulfonamides is 1. The van der Waals surface area contributed by atoms with Crippen molar-refractivity contribution >= 4 is 50.9 Å². The number of halogens is 3. The van der Waals surface area contributed by atoms with Crippen molar-refractivity contribution in [2.24, 2.45) is 0 Å². The highest BCUT2D eigenvalue weighted by Crippen LogP contribution is 2.35. The van der Waals surface area contributed by atoms with Crippen LogP contribution in [0.15, 0.2) is 48.6 Å². The van der Waals surface area contributed by atoms with Crippen molar-refractivity contribution in [3.63, 3.8) is 0 Å². The lowest BCUT2D eigenvalue weighted by Gasteiger charge is -2.26. The second-order valence-corrected chi connectivity index (χ2v) is 13.5. The summed E-state index contributed by atoms with van der Waals surface area (Å²) < 4.78 is 51.9. The van der Waals surface area contributed by atoms with Crippen LogP contribution in [0.5, 0.6) is 11.5 Å². The number of alkyl halides is 1. The monoisotopic (exact) mass is 665 g/mol. The number of hydrogen-bond acceptors (Lipinski definition) is 8. The fourth-order valence-corrected chi connectivity index (χ4v) is 5.02. The van der Waals surface area contributed by atoms with E-state index in [9.17, 15) is 13.2 Å². The van der Waals surface area contributed by atoms with Crippen molar-refractivity contribution in [3.8, 4) is 11.5 Å². The molecule has 0 aliphatic rings. The Labute approximate surface area is 263 Å². The molecule has 0 aliphatic carbocycles. The summed E-state index contributed by atoms with van der Waals surface area (Å²) in [5.41, 5.74) is 1.54. The Hall–Kier alpha value is -2.21. The van der Waals surface area contributed by atoms with E-state index in [0.29, 0.717) is 37.8 Å². The molecule has 0 aromatic heterocycles. The Kier molecular flexibility index (Phi) is 14.2. The average molecular weight is 667 g/mol. The van der Waals surface area contributed by atoms with Gasteiger partial charge < -0.3 is 23.7 Å². The highest BCUT2D eigenvalue weighted by molar-refractivity contribution is 7.88. The van der Waals surface area contributed by atoms with Crippen LogP contribution in [0.4, 0.5) is 4.79 Å². The van der Waals surface area contributed by atoms with Gasteiger partial charge in [0, 0.05) is 7.11 Å². The quantitative estimate of drug-likeness (QED) is 0.114. The van der Waals surface area contributed by atoms with Gasteiger partial charge in [-0.3, -0.25) is 0 Å². The van der Waals surface area contributed by atoms with E-state index in [2.05, 4.69) is 6.58 Å². The van der Waals surface area contributed by atoms with Crippen molar-refractivity contribution in [2.45, 2.75) is 45.3 Å². The smallest absolute Gasteiger partial charge is 0.424 e. The maximum atomic E-state index is 12.4. The summed E-state index contributed by atoms with van der Waals surface area (Å²) >= 11 is 18.8. The minimum absolute atomic E-state index is 0.0176. The van der Waals surface area contributed by atoms with Gasteiger partial charge in [0.1, 0.15) is 37.5 Å². The van der Waals surface area contributed by atoms with E-state index in [1.807, 2.05) is 24.3 Å². The Morgan fingerprint density at radius 2 is 1.62 bits per heavy atom. The van der Waals surface area contributed by atoms with Crippen LogP contribution in [0.1, 0.15) is 31.9 Å². The van der Waals surface area contributed by atoms with Gasteiger partial charge in [0.05, 0.1) is 28.7 Å². The van der Waals surface area contributed by atoms with E-state index in [-0.39, 0.29) is 38.5 Å². The van der Waals surface area contributed by atoms with E-state index >= 15 is 0 Å². The molecule has 42 heavy (non-hydrogen) atoms. The van der Waals surface area contributed by atoms with Gasteiger partial charge in [-0.05, 0) is 74.6 Å². The Morgan fingerprint density at radius 3 is 2.14 bits per heavy atom. The summed E-state index contributed by atoms with van der Waals surface area (Å²) in [6.07, 6.45) is 1.00. The third-order valence-corrected chi connectivity index (χ3v) is 7.48. The fourth-order valence-electron chi connectivity index (χ4n) is 3.48. The molecule has 2 aromatic carbocycles. The summed E-state index contributed by atoms with van der Waals surface area (Å²) in [6.45, 7) is 8.86. The number of benzene rings is 2. The van der Waals surface area contributed by atoms with Crippen LogP contribution in [-0.4, -0.2) is 76.3 Å². The van der Waals surface area contributed by atoms with E-state index in [0.717, 1.165) is 23.8 Å². The SMILES string of the molecule is C=C(COc1ccc(CCc2cc(Cl)c(OCC(CCl)OCOC)c(Cl)c2)cc1)CN(C(=O)OC(C)(C)C)S(C)(=O)=O. The highest BCUT2D eigenvalue weighted by Gasteiger charge is 2.29. The summed E-state index contributed by atoms with van der Waals surface area (Å²) in [6, 6.07) is 11.1. The maximum Gasteiger partial charge on any atom is 0.424 e. The van der Waals surface area contributed by atoms with Crippen LogP contribution < -0.4 is 9.47 Å². The maximum absolute atomic E-state index is 12.4. The van der Waals surface area contributed by atoms with Crippen LogP contribution in [0, 0.1) is 0 Å². The van der Waals surface area contributed by atoms with Crippen LogP contribution in [0.3, 0.4) is 0 Å². The van der Waals surface area contributed by atoms with Crippen LogP contribution in [-0.2, 0) is 37.1 Å². The topological polar surface area (TPSA) is 101 Å². The first-order valence-corrected chi connectivity index (χ1v) is 16.1. The van der Waals surface area contributed by atoms with Gasteiger partial charge in [-0.1, -0.05) is 41.9 Å². The molecule has 0 N–H and O–H groups in total. The molecule has 9 nitrogen and oxygen atoms in total. The van der Waals surface area contributed by atoms with Gasteiger partial charge in [0.2, 0.25) is 10.0 Å². The van der Waals surface area contributed by atoms with Crippen LogP contribution in [0.2, 0.25) is 10.0 Å². The van der Waals surface area contributed by atoms with E-state index in [1.54, 1.807) is 32.9 Å². The molecule has 0 fully saturated rings. The predicted molar refractivity (Wildman–Crippen MR) is 166 cm³/mol. The normalized spacial score (nSPS) is 12.5. The number of nitrogens with zero attached hydrogens (tertiary/aromatic N) is 1. The number of ether oxygens (including phenoxy) is 5. The number of carbonyl (C=O) groups is 1. The molecule has 1 amide bonds. The number of rotatable bonds is 16. The molecule has 0 saturated carbocycles. The number of amides is 1. The molecule has 1 unspecified atom stereocenters. The zero-order valence-electron chi connectivity index (χ0n) is 24.5. The van der Waals surface area contributed by atoms with Crippen LogP contribution >= 0.6 is 34.8 Å². The first kappa shape index (κ1) is 36.0. The first-order valence-electron chi connectivity index (χ1n) is 13.0. The third-order valence-electron chi connectivity index (χ3n) is 5.50. The van der Waals surface area contributed by atoms with Crippen molar-refractivity contribution in [1.29, 1.82) is 0 Å². The van der Waals surface area contributed by atoms with Gasteiger partial charge >= 0.3 is 6.09 Å². The molecule has 13 heteroatoms. The largest absolute Gasteiger partial charge is 0.489 e. The van der Waals surface area contributed by atoms with Gasteiger partial charge in [0.15, 0.2) is 5.75 Å². The molecule has 0 aliphatic heterocycles. The van der Waals surface area contributed by atoms with Crippen molar-refractivity contribution < 1.29 is 36.9 Å². The van der Waals surface area contributed by atoms with Gasteiger partial charge in [-0.15, -0.1) is 11.6 Å². The Bertz CT molecular complexity index is 1270. The molecule has 0 saturated heterocycles. The Balaban J connectivity index is 1.90. The molecule has 234 valence electrons. The van der Waals surface area contributed by atoms with Gasteiger partial charge in [-0.25, -0.2) is 17.5 Å². The molecular formula is C29H38Cl3NO8S. The van der Waals surface area contributed by atoms with Crippen molar-refractivity contribution in [1.82, 2.24) is 4.31 Å². The number of carbonyl (C=O) groups excluding carboxylic acids is 1. The lowest BCUT2D eigenvalue weighted by molar-refractivity contribution is -0.0754. The number of hydrogen-bond donors (Lipinski definition) is 0. The molecular weight excluding hydrogens is 629 g/mol. The second kappa shape index (κ2) is 16.6. The van der Waals surface area contributed by atoms with E-state index < -0.39 is 21.7 Å². The molecule has 2 aromatic rings. The van der Waals surface area contributed by atoms with Crippen molar-refractivity contribution in [2.75, 3.05) is 45.8 Å². The molecule has 1 atom stereocenters. The minimum Gasteiger partial charge on any atom is -0.489 e.